The van der Waals surface area contributed by atoms with E-state index in [1.54, 1.807) is 26.4 Å². The van der Waals surface area contributed by atoms with Gasteiger partial charge in [0.15, 0.2) is 11.5 Å². The van der Waals surface area contributed by atoms with Crippen LogP contribution in [0.2, 0.25) is 5.02 Å². The minimum atomic E-state index is 0.384. The maximum atomic E-state index is 9.98. The van der Waals surface area contributed by atoms with Gasteiger partial charge in [-0.15, -0.1) is 0 Å². The van der Waals surface area contributed by atoms with Gasteiger partial charge in [0.2, 0.25) is 0 Å². The van der Waals surface area contributed by atoms with E-state index in [9.17, 15) is 5.26 Å². The molecule has 0 aliphatic rings. The summed E-state index contributed by atoms with van der Waals surface area (Å²) in [5, 5.41) is 12.7. The van der Waals surface area contributed by atoms with Crippen LogP contribution in [0.25, 0.3) is 22.4 Å². The predicted molar refractivity (Wildman–Crippen MR) is 133 cm³/mol. The molecule has 0 bridgehead atoms. The third-order valence-corrected chi connectivity index (χ3v) is 5.59. The van der Waals surface area contributed by atoms with Crippen molar-refractivity contribution in [3.8, 4) is 23.3 Å². The number of benzene rings is 4. The van der Waals surface area contributed by atoms with Crippen molar-refractivity contribution in [3.63, 3.8) is 0 Å². The Kier molecular flexibility index (Phi) is 6.83. The molecule has 0 N–H and O–H groups in total. The molecule has 0 amide bonds. The van der Waals surface area contributed by atoms with E-state index in [2.05, 4.69) is 6.07 Å². The van der Waals surface area contributed by atoms with Gasteiger partial charge in [0.25, 0.3) is 0 Å². The number of methoxy groups -OCH3 is 2. The Hall–Kier alpha value is -3.94. The minimum absolute atomic E-state index is 0.384. The fraction of sp³-hybridized carbons (Fsp3) is 0.107. The van der Waals surface area contributed by atoms with Crippen LogP contribution in [0.15, 0.2) is 78.9 Å². The molecule has 0 spiro atoms. The molecule has 164 valence electrons. The normalized spacial score (nSPS) is 11.2. The minimum Gasteiger partial charge on any atom is -0.493 e. The lowest BCUT2D eigenvalue weighted by atomic mass is 9.98. The quantitative estimate of drug-likeness (QED) is 0.219. The number of hydrogen-bond donors (Lipinski definition) is 0. The Morgan fingerprint density at radius 1 is 0.879 bits per heavy atom. The van der Waals surface area contributed by atoms with E-state index in [-0.39, 0.29) is 0 Å². The van der Waals surface area contributed by atoms with Crippen molar-refractivity contribution in [2.75, 3.05) is 14.2 Å². The van der Waals surface area contributed by atoms with Crippen LogP contribution in [-0.2, 0) is 6.61 Å². The number of ether oxygens (including phenoxy) is 3. The number of hydrogen-bond acceptors (Lipinski definition) is 4. The van der Waals surface area contributed by atoms with Crippen molar-refractivity contribution in [1.29, 1.82) is 5.26 Å². The molecule has 0 saturated heterocycles. The highest BCUT2D eigenvalue weighted by molar-refractivity contribution is 6.30. The van der Waals surface area contributed by atoms with Crippen LogP contribution < -0.4 is 14.2 Å². The van der Waals surface area contributed by atoms with E-state index in [0.717, 1.165) is 27.5 Å². The molecule has 4 aromatic carbocycles. The van der Waals surface area contributed by atoms with Gasteiger partial charge in [0.1, 0.15) is 12.4 Å². The van der Waals surface area contributed by atoms with Gasteiger partial charge in [-0.3, -0.25) is 0 Å². The molecule has 4 aromatic rings. The highest BCUT2D eigenvalue weighted by atomic mass is 35.5. The molecule has 0 unspecified atom stereocenters. The molecule has 4 nitrogen and oxygen atoms in total. The van der Waals surface area contributed by atoms with Gasteiger partial charge in [0.05, 0.1) is 25.9 Å². The number of rotatable bonds is 7. The summed E-state index contributed by atoms with van der Waals surface area (Å²) in [7, 11) is 3.16. The second-order valence-electron chi connectivity index (χ2n) is 7.35. The van der Waals surface area contributed by atoms with Crippen molar-refractivity contribution >= 4 is 34.0 Å². The highest BCUT2D eigenvalue weighted by Gasteiger charge is 2.12. The highest BCUT2D eigenvalue weighted by Crippen LogP contribution is 2.35. The van der Waals surface area contributed by atoms with Gasteiger partial charge in [-0.25, -0.2) is 0 Å². The monoisotopic (exact) mass is 455 g/mol. The van der Waals surface area contributed by atoms with Crippen LogP contribution in [0.1, 0.15) is 16.7 Å². The third-order valence-electron chi connectivity index (χ3n) is 5.34. The number of nitrogens with zero attached hydrogens (tertiary/aromatic N) is 1. The Morgan fingerprint density at radius 2 is 1.61 bits per heavy atom. The first kappa shape index (κ1) is 22.3. The fourth-order valence-electron chi connectivity index (χ4n) is 3.62. The smallest absolute Gasteiger partial charge is 0.161 e. The van der Waals surface area contributed by atoms with Gasteiger partial charge in [-0.1, -0.05) is 54.1 Å². The summed E-state index contributed by atoms with van der Waals surface area (Å²) in [6.07, 6.45) is 1.86. The van der Waals surface area contributed by atoms with E-state index in [0.29, 0.717) is 34.5 Å². The Morgan fingerprint density at radius 3 is 2.33 bits per heavy atom. The predicted octanol–water partition coefficient (Wildman–Crippen LogP) is 7.15. The number of allylic oxidation sites excluding steroid dienone is 1. The van der Waals surface area contributed by atoms with Crippen molar-refractivity contribution < 1.29 is 14.2 Å². The van der Waals surface area contributed by atoms with Crippen LogP contribution >= 0.6 is 11.6 Å². The molecule has 0 aliphatic carbocycles. The topological polar surface area (TPSA) is 51.5 Å². The van der Waals surface area contributed by atoms with E-state index in [1.165, 1.54) is 0 Å². The summed E-state index contributed by atoms with van der Waals surface area (Å²) in [4.78, 5) is 0. The maximum absolute atomic E-state index is 9.98. The molecule has 0 fully saturated rings. The molecule has 33 heavy (non-hydrogen) atoms. The zero-order valence-corrected chi connectivity index (χ0v) is 19.1. The van der Waals surface area contributed by atoms with Crippen LogP contribution in [0.4, 0.5) is 0 Å². The second kappa shape index (κ2) is 10.1. The molecular weight excluding hydrogens is 434 g/mol. The van der Waals surface area contributed by atoms with Crippen molar-refractivity contribution in [1.82, 2.24) is 0 Å². The summed E-state index contributed by atoms with van der Waals surface area (Å²) >= 11 is 6.00. The van der Waals surface area contributed by atoms with Crippen LogP contribution in [0.3, 0.4) is 0 Å². The molecule has 0 heterocycles. The molecule has 0 aromatic heterocycles. The van der Waals surface area contributed by atoms with Crippen LogP contribution in [0, 0.1) is 11.3 Å². The second-order valence-corrected chi connectivity index (χ2v) is 7.79. The third kappa shape index (κ3) is 4.95. The SMILES string of the molecule is COc1ccc(/C(C#N)=C/c2c(OCc3ccc(Cl)cc3)ccc3ccccc23)cc1OC. The van der Waals surface area contributed by atoms with Gasteiger partial charge in [-0.2, -0.15) is 5.26 Å². The van der Waals surface area contributed by atoms with Gasteiger partial charge in [0, 0.05) is 10.6 Å². The summed E-state index contributed by atoms with van der Waals surface area (Å²) in [5.41, 5.74) is 3.06. The standard InChI is InChI=1S/C28H22ClNO3/c1-31-27-14-10-21(16-28(27)32-2)22(17-30)15-25-24-6-4-3-5-20(24)9-13-26(25)33-18-19-7-11-23(29)12-8-19/h3-16H,18H2,1-2H3/b22-15+. The van der Waals surface area contributed by atoms with E-state index >= 15 is 0 Å². The molecule has 0 saturated carbocycles. The van der Waals surface area contributed by atoms with Crippen molar-refractivity contribution in [2.45, 2.75) is 6.61 Å². The average molecular weight is 456 g/mol. The Labute approximate surface area is 198 Å². The van der Waals surface area contributed by atoms with E-state index < -0.39 is 0 Å². The Balaban J connectivity index is 1.78. The number of fused-ring (bicyclic) bond motifs is 1. The zero-order chi connectivity index (χ0) is 23.2. The molecule has 5 heteroatoms. The lowest BCUT2D eigenvalue weighted by Gasteiger charge is -2.13. The van der Waals surface area contributed by atoms with Crippen molar-refractivity contribution in [3.05, 3.63) is 101 Å². The van der Waals surface area contributed by atoms with Crippen molar-refractivity contribution in [2.24, 2.45) is 0 Å². The Bertz CT molecular complexity index is 1350. The maximum Gasteiger partial charge on any atom is 0.161 e. The molecule has 0 aliphatic heterocycles. The lowest BCUT2D eigenvalue weighted by molar-refractivity contribution is 0.306. The van der Waals surface area contributed by atoms with Crippen LogP contribution in [-0.4, -0.2) is 14.2 Å². The average Bonchev–Trinajstić information content (AvgIpc) is 2.86. The van der Waals surface area contributed by atoms with E-state index in [4.69, 9.17) is 25.8 Å². The molecule has 0 atom stereocenters. The molecular formula is C28H22ClNO3. The first-order valence-corrected chi connectivity index (χ1v) is 10.7. The first-order chi connectivity index (χ1) is 16.1. The van der Waals surface area contributed by atoms with Gasteiger partial charge < -0.3 is 14.2 Å². The molecule has 4 rings (SSSR count). The van der Waals surface area contributed by atoms with Gasteiger partial charge in [-0.05, 0) is 64.4 Å². The zero-order valence-electron chi connectivity index (χ0n) is 18.3. The summed E-state index contributed by atoms with van der Waals surface area (Å²) in [6, 6.07) is 27.3. The largest absolute Gasteiger partial charge is 0.493 e. The fourth-order valence-corrected chi connectivity index (χ4v) is 3.75. The summed E-state index contributed by atoms with van der Waals surface area (Å²) < 4.78 is 16.9. The summed E-state index contributed by atoms with van der Waals surface area (Å²) in [6.45, 7) is 0.384. The number of halogens is 1. The van der Waals surface area contributed by atoms with Crippen LogP contribution in [0.5, 0.6) is 17.2 Å². The first-order valence-electron chi connectivity index (χ1n) is 10.4. The van der Waals surface area contributed by atoms with E-state index in [1.807, 2.05) is 72.8 Å². The number of nitriles is 1. The molecule has 0 radical (unpaired) electrons. The summed E-state index contributed by atoms with van der Waals surface area (Å²) in [5.74, 6) is 1.86. The lowest BCUT2D eigenvalue weighted by Crippen LogP contribution is -1.98. The van der Waals surface area contributed by atoms with Gasteiger partial charge >= 0.3 is 0 Å².